The smallest absolute Gasteiger partial charge is 0.248 e. The van der Waals surface area contributed by atoms with Gasteiger partial charge in [-0.15, -0.1) is 11.8 Å². The minimum atomic E-state index is -0.359. The molecule has 3 saturated heterocycles. The van der Waals surface area contributed by atoms with Gasteiger partial charge in [-0.25, -0.2) is 0 Å². The van der Waals surface area contributed by atoms with Gasteiger partial charge in [-0.3, -0.25) is 9.59 Å². The molecule has 2 amide bonds. The number of hydrogen-bond acceptors (Lipinski definition) is 4. The fraction of sp³-hybridized carbons (Fsp3) is 0.579. The highest BCUT2D eigenvalue weighted by Gasteiger charge is 2.52. The number of anilines is 2. The van der Waals surface area contributed by atoms with Crippen LogP contribution in [0, 0.1) is 6.92 Å². The zero-order chi connectivity index (χ0) is 17.6. The molecule has 2 atom stereocenters. The lowest BCUT2D eigenvalue weighted by Gasteiger charge is -2.30. The molecule has 1 aromatic carbocycles. The fourth-order valence-corrected chi connectivity index (χ4v) is 5.62. The number of benzene rings is 1. The maximum absolute atomic E-state index is 12.8. The van der Waals surface area contributed by atoms with E-state index in [-0.39, 0.29) is 22.7 Å². The number of rotatable bonds is 3. The van der Waals surface area contributed by atoms with E-state index in [2.05, 4.69) is 29.3 Å². The molecular formula is C19H25N3O2S. The second-order valence-corrected chi connectivity index (χ2v) is 8.95. The Balaban J connectivity index is 1.48. The summed E-state index contributed by atoms with van der Waals surface area (Å²) in [5.41, 5.74) is 3.14. The predicted molar refractivity (Wildman–Crippen MR) is 102 cm³/mol. The van der Waals surface area contributed by atoms with Crippen molar-refractivity contribution in [3.05, 3.63) is 23.8 Å². The van der Waals surface area contributed by atoms with Gasteiger partial charge in [0.1, 0.15) is 6.04 Å². The summed E-state index contributed by atoms with van der Waals surface area (Å²) in [6, 6.07) is 5.87. The molecule has 25 heavy (non-hydrogen) atoms. The van der Waals surface area contributed by atoms with Crippen molar-refractivity contribution < 1.29 is 9.59 Å². The Bertz CT molecular complexity index is 717. The molecule has 0 bridgehead atoms. The number of hydrogen-bond donors (Lipinski definition) is 1. The van der Waals surface area contributed by atoms with E-state index in [0.717, 1.165) is 30.8 Å². The first-order valence-electron chi connectivity index (χ1n) is 9.10. The first kappa shape index (κ1) is 16.8. The molecule has 1 N–H and O–H groups in total. The van der Waals surface area contributed by atoms with Crippen molar-refractivity contribution in [2.24, 2.45) is 0 Å². The minimum absolute atomic E-state index is 0.0662. The van der Waals surface area contributed by atoms with Crippen LogP contribution < -0.4 is 10.2 Å². The van der Waals surface area contributed by atoms with Gasteiger partial charge >= 0.3 is 0 Å². The van der Waals surface area contributed by atoms with E-state index in [1.165, 1.54) is 18.5 Å². The van der Waals surface area contributed by atoms with Crippen LogP contribution in [0.5, 0.6) is 0 Å². The van der Waals surface area contributed by atoms with Crippen LogP contribution in [0.4, 0.5) is 11.4 Å². The molecule has 0 aliphatic carbocycles. The van der Waals surface area contributed by atoms with E-state index >= 15 is 0 Å². The van der Waals surface area contributed by atoms with Crippen molar-refractivity contribution in [3.63, 3.8) is 0 Å². The van der Waals surface area contributed by atoms with Gasteiger partial charge in [0, 0.05) is 36.6 Å². The lowest BCUT2D eigenvalue weighted by molar-refractivity contribution is -0.135. The molecule has 3 aliphatic heterocycles. The number of carbonyl (C=O) groups excluding carboxylic acids is 2. The molecule has 0 saturated carbocycles. The standard InChI is InChI=1S/C19H25N3O2S/c1-13-11-14(21-9-3-4-10-21)5-6-15(13)20-18(24)16-12-25-19(2)8-7-17(23)22(16)19/h5-6,11,16H,3-4,7-10,12H2,1-2H3,(H,20,24). The van der Waals surface area contributed by atoms with E-state index in [1.54, 1.807) is 16.7 Å². The maximum Gasteiger partial charge on any atom is 0.248 e. The van der Waals surface area contributed by atoms with Crippen LogP contribution in [0.2, 0.25) is 0 Å². The number of aryl methyl sites for hydroxylation is 1. The second-order valence-electron chi connectivity index (χ2n) is 7.45. The molecule has 5 nitrogen and oxygen atoms in total. The summed E-state index contributed by atoms with van der Waals surface area (Å²) in [5, 5.41) is 3.06. The number of carbonyl (C=O) groups is 2. The minimum Gasteiger partial charge on any atom is -0.372 e. The van der Waals surface area contributed by atoms with Crippen LogP contribution >= 0.6 is 11.8 Å². The number of fused-ring (bicyclic) bond motifs is 1. The average molecular weight is 359 g/mol. The largest absolute Gasteiger partial charge is 0.372 e. The summed E-state index contributed by atoms with van der Waals surface area (Å²) >= 11 is 1.73. The highest BCUT2D eigenvalue weighted by Crippen LogP contribution is 2.47. The summed E-state index contributed by atoms with van der Waals surface area (Å²) in [7, 11) is 0. The van der Waals surface area contributed by atoms with Crippen LogP contribution in [-0.4, -0.2) is 46.5 Å². The predicted octanol–water partition coefficient (Wildman–Crippen LogP) is 2.99. The van der Waals surface area contributed by atoms with Crippen molar-refractivity contribution in [2.75, 3.05) is 29.1 Å². The Morgan fingerprint density at radius 2 is 2.08 bits per heavy atom. The third-order valence-corrected chi connectivity index (χ3v) is 7.19. The Kier molecular flexibility index (Phi) is 4.18. The summed E-state index contributed by atoms with van der Waals surface area (Å²) in [5.74, 6) is 0.719. The van der Waals surface area contributed by atoms with E-state index in [9.17, 15) is 9.59 Å². The molecule has 3 aliphatic rings. The van der Waals surface area contributed by atoms with Crippen molar-refractivity contribution in [1.29, 1.82) is 0 Å². The molecule has 3 heterocycles. The molecule has 2 unspecified atom stereocenters. The molecule has 0 radical (unpaired) electrons. The van der Waals surface area contributed by atoms with Crippen molar-refractivity contribution in [1.82, 2.24) is 4.90 Å². The fourth-order valence-electron chi connectivity index (χ4n) is 4.19. The normalized spacial score (nSPS) is 28.6. The molecule has 3 fully saturated rings. The van der Waals surface area contributed by atoms with Crippen molar-refractivity contribution >= 4 is 35.0 Å². The first-order valence-corrected chi connectivity index (χ1v) is 10.1. The number of amides is 2. The third kappa shape index (κ3) is 2.90. The maximum atomic E-state index is 12.8. The van der Waals surface area contributed by atoms with Gasteiger partial charge in [-0.1, -0.05) is 0 Å². The molecule has 1 aromatic rings. The summed E-state index contributed by atoms with van der Waals surface area (Å²) in [4.78, 5) is 29.0. The topological polar surface area (TPSA) is 52.7 Å². The zero-order valence-corrected chi connectivity index (χ0v) is 15.7. The van der Waals surface area contributed by atoms with Crippen LogP contribution in [0.1, 0.15) is 38.2 Å². The molecule has 134 valence electrons. The third-order valence-electron chi connectivity index (χ3n) is 5.69. The Hall–Kier alpha value is -1.69. The van der Waals surface area contributed by atoms with Crippen LogP contribution in [-0.2, 0) is 9.59 Å². The molecule has 6 heteroatoms. The average Bonchev–Trinajstić information content (AvgIpc) is 3.28. The molecule has 4 rings (SSSR count). The monoisotopic (exact) mass is 359 g/mol. The van der Waals surface area contributed by atoms with E-state index in [0.29, 0.717) is 12.2 Å². The summed E-state index contributed by atoms with van der Waals surface area (Å²) < 4.78 is 0. The Labute approximate surface area is 153 Å². The van der Waals surface area contributed by atoms with Crippen LogP contribution in [0.25, 0.3) is 0 Å². The highest BCUT2D eigenvalue weighted by atomic mass is 32.2. The quantitative estimate of drug-likeness (QED) is 0.901. The number of nitrogens with zero attached hydrogens (tertiary/aromatic N) is 2. The van der Waals surface area contributed by atoms with Crippen molar-refractivity contribution in [2.45, 2.75) is 50.4 Å². The van der Waals surface area contributed by atoms with Gasteiger partial charge in [-0.2, -0.15) is 0 Å². The van der Waals surface area contributed by atoms with Crippen molar-refractivity contribution in [3.8, 4) is 0 Å². The van der Waals surface area contributed by atoms with Gasteiger partial charge in [0.05, 0.1) is 4.87 Å². The van der Waals surface area contributed by atoms with Gasteiger partial charge in [-0.05, 0) is 56.9 Å². The highest BCUT2D eigenvalue weighted by molar-refractivity contribution is 8.01. The van der Waals surface area contributed by atoms with Gasteiger partial charge < -0.3 is 15.1 Å². The number of nitrogens with one attached hydrogen (secondary N) is 1. The van der Waals surface area contributed by atoms with Gasteiger partial charge in [0.15, 0.2) is 0 Å². The van der Waals surface area contributed by atoms with Gasteiger partial charge in [0.2, 0.25) is 11.8 Å². The first-order chi connectivity index (χ1) is 12.0. The summed E-state index contributed by atoms with van der Waals surface area (Å²) in [6.45, 7) is 6.33. The molecular weight excluding hydrogens is 334 g/mol. The van der Waals surface area contributed by atoms with E-state index < -0.39 is 0 Å². The second kappa shape index (κ2) is 6.24. The SMILES string of the molecule is Cc1cc(N2CCCC2)ccc1NC(=O)C1CSC2(C)CCC(=O)N12. The zero-order valence-electron chi connectivity index (χ0n) is 14.9. The van der Waals surface area contributed by atoms with Crippen LogP contribution in [0.3, 0.4) is 0 Å². The molecule has 0 aromatic heterocycles. The van der Waals surface area contributed by atoms with E-state index in [1.807, 2.05) is 13.0 Å². The van der Waals surface area contributed by atoms with E-state index in [4.69, 9.17) is 0 Å². The Morgan fingerprint density at radius 3 is 2.80 bits per heavy atom. The Morgan fingerprint density at radius 1 is 1.32 bits per heavy atom. The summed E-state index contributed by atoms with van der Waals surface area (Å²) in [6.07, 6.45) is 3.89. The van der Waals surface area contributed by atoms with Crippen LogP contribution in [0.15, 0.2) is 18.2 Å². The number of thioether (sulfide) groups is 1. The lowest BCUT2D eigenvalue weighted by Crippen LogP contribution is -2.48. The molecule has 0 spiro atoms. The van der Waals surface area contributed by atoms with Gasteiger partial charge in [0.25, 0.3) is 0 Å². The lowest BCUT2D eigenvalue weighted by atomic mass is 10.1.